The number of benzene rings is 1. The minimum Gasteiger partial charge on any atom is -0.298 e. The van der Waals surface area contributed by atoms with Crippen molar-refractivity contribution in [2.75, 3.05) is 0 Å². The van der Waals surface area contributed by atoms with E-state index in [1.54, 1.807) is 58.9 Å². The second-order valence-corrected chi connectivity index (χ2v) is 8.73. The van der Waals surface area contributed by atoms with Crippen LogP contribution in [-0.2, 0) is 14.6 Å². The molecule has 19 heavy (non-hydrogen) atoms. The van der Waals surface area contributed by atoms with Crippen molar-refractivity contribution in [3.63, 3.8) is 0 Å². The van der Waals surface area contributed by atoms with Crippen LogP contribution in [-0.4, -0.2) is 18.9 Å². The largest absolute Gasteiger partial charge is 0.298 e. The molecule has 1 atom stereocenters. The fourth-order valence-corrected chi connectivity index (χ4v) is 4.81. The Morgan fingerprint density at radius 1 is 1.05 bits per heavy atom. The first-order chi connectivity index (χ1) is 8.55. The molecule has 0 saturated carbocycles. The van der Waals surface area contributed by atoms with E-state index in [-0.39, 0.29) is 5.78 Å². The summed E-state index contributed by atoms with van der Waals surface area (Å²) in [7, 11) is -3.55. The van der Waals surface area contributed by atoms with Crippen LogP contribution in [0.1, 0.15) is 46.1 Å². The fourth-order valence-electron chi connectivity index (χ4n) is 2.67. The Balaban J connectivity index is 2.91. The Kier molecular flexibility index (Phi) is 2.94. The highest BCUT2D eigenvalue weighted by atomic mass is 32.2. The van der Waals surface area contributed by atoms with Crippen molar-refractivity contribution in [1.82, 2.24) is 0 Å². The van der Waals surface area contributed by atoms with E-state index in [1.807, 2.05) is 0 Å². The lowest BCUT2D eigenvalue weighted by Gasteiger charge is -2.38. The Bertz CT molecular complexity index is 639. The molecule has 2 rings (SSSR count). The van der Waals surface area contributed by atoms with Gasteiger partial charge in [0.05, 0.1) is 9.64 Å². The normalized spacial score (nSPS) is 27.4. The molecule has 0 aliphatic carbocycles. The SMILES string of the molecule is CC1C(=O)C(C)(C)C(C)(C)S(=O)(=O)c2ccccc21. The molecule has 0 amide bonds. The van der Waals surface area contributed by atoms with Gasteiger partial charge in [-0.05, 0) is 25.5 Å². The molecule has 1 heterocycles. The summed E-state index contributed by atoms with van der Waals surface area (Å²) in [5.74, 6) is -0.422. The Labute approximate surface area is 114 Å². The van der Waals surface area contributed by atoms with E-state index in [2.05, 4.69) is 0 Å². The summed E-state index contributed by atoms with van der Waals surface area (Å²) >= 11 is 0. The van der Waals surface area contributed by atoms with Gasteiger partial charge in [-0.15, -0.1) is 0 Å². The van der Waals surface area contributed by atoms with E-state index in [0.29, 0.717) is 10.5 Å². The second-order valence-electron chi connectivity index (χ2n) is 6.26. The van der Waals surface area contributed by atoms with Crippen LogP contribution in [0.25, 0.3) is 0 Å². The smallest absolute Gasteiger partial charge is 0.184 e. The van der Waals surface area contributed by atoms with Crippen molar-refractivity contribution in [2.45, 2.75) is 50.2 Å². The minimum atomic E-state index is -3.55. The lowest BCUT2D eigenvalue weighted by Crippen LogP contribution is -2.49. The van der Waals surface area contributed by atoms with Crippen molar-refractivity contribution in [3.05, 3.63) is 29.8 Å². The molecule has 0 bridgehead atoms. The molecule has 0 saturated heterocycles. The van der Waals surface area contributed by atoms with Gasteiger partial charge in [0.15, 0.2) is 9.84 Å². The van der Waals surface area contributed by atoms with Gasteiger partial charge >= 0.3 is 0 Å². The standard InChI is InChI=1S/C15H20O3S/c1-10-11-8-6-7-9-12(11)19(17,18)15(4,5)14(2,3)13(10)16/h6-10H,1-5H3. The number of hydrogen-bond acceptors (Lipinski definition) is 3. The van der Waals surface area contributed by atoms with Crippen molar-refractivity contribution >= 4 is 15.6 Å². The number of carbonyl (C=O) groups excluding carboxylic acids is 1. The van der Waals surface area contributed by atoms with Gasteiger partial charge in [-0.1, -0.05) is 39.0 Å². The molecule has 1 aromatic carbocycles. The number of rotatable bonds is 0. The average Bonchev–Trinajstić information content (AvgIpc) is 2.37. The van der Waals surface area contributed by atoms with Crippen LogP contribution in [0, 0.1) is 5.41 Å². The van der Waals surface area contributed by atoms with E-state index in [0.717, 1.165) is 0 Å². The van der Waals surface area contributed by atoms with E-state index in [4.69, 9.17) is 0 Å². The average molecular weight is 280 g/mol. The molecule has 3 nitrogen and oxygen atoms in total. The first kappa shape index (κ1) is 14.3. The molecule has 0 spiro atoms. The number of ketones is 1. The topological polar surface area (TPSA) is 51.2 Å². The predicted octanol–water partition coefficient (Wildman–Crippen LogP) is 2.95. The summed E-state index contributed by atoms with van der Waals surface area (Å²) in [5, 5.41) is 0. The van der Waals surface area contributed by atoms with E-state index in [9.17, 15) is 13.2 Å². The van der Waals surface area contributed by atoms with Gasteiger partial charge in [-0.3, -0.25) is 4.79 Å². The number of carbonyl (C=O) groups is 1. The zero-order valence-electron chi connectivity index (χ0n) is 12.0. The summed E-state index contributed by atoms with van der Waals surface area (Å²) in [6.45, 7) is 8.55. The molecule has 1 aliphatic rings. The molecule has 0 aromatic heterocycles. The molecule has 1 aromatic rings. The zero-order valence-corrected chi connectivity index (χ0v) is 12.8. The summed E-state index contributed by atoms with van der Waals surface area (Å²) in [6.07, 6.45) is 0. The lowest BCUT2D eigenvalue weighted by atomic mass is 9.72. The molecule has 0 radical (unpaired) electrons. The third kappa shape index (κ3) is 1.62. The van der Waals surface area contributed by atoms with E-state index >= 15 is 0 Å². The van der Waals surface area contributed by atoms with Gasteiger partial charge in [0.1, 0.15) is 5.78 Å². The van der Waals surface area contributed by atoms with Gasteiger partial charge in [-0.25, -0.2) is 8.42 Å². The molecule has 0 fully saturated rings. The van der Waals surface area contributed by atoms with Crippen LogP contribution in [0.5, 0.6) is 0 Å². The predicted molar refractivity (Wildman–Crippen MR) is 74.9 cm³/mol. The molecule has 104 valence electrons. The zero-order chi connectivity index (χ0) is 14.6. The maximum absolute atomic E-state index is 12.9. The van der Waals surface area contributed by atoms with E-state index < -0.39 is 25.9 Å². The lowest BCUT2D eigenvalue weighted by molar-refractivity contribution is -0.129. The molecule has 1 aliphatic heterocycles. The van der Waals surface area contributed by atoms with Crippen LogP contribution in [0.2, 0.25) is 0 Å². The van der Waals surface area contributed by atoms with Gasteiger partial charge in [0.2, 0.25) is 0 Å². The van der Waals surface area contributed by atoms with Crippen molar-refractivity contribution < 1.29 is 13.2 Å². The maximum atomic E-state index is 12.9. The Morgan fingerprint density at radius 3 is 2.16 bits per heavy atom. The molecular formula is C15H20O3S. The second kappa shape index (κ2) is 3.92. The van der Waals surface area contributed by atoms with Gasteiger partial charge in [-0.2, -0.15) is 0 Å². The summed E-state index contributed by atoms with van der Waals surface area (Å²) in [4.78, 5) is 13.0. The van der Waals surface area contributed by atoms with E-state index in [1.165, 1.54) is 0 Å². The summed E-state index contributed by atoms with van der Waals surface area (Å²) < 4.78 is 24.7. The highest BCUT2D eigenvalue weighted by Gasteiger charge is 2.56. The van der Waals surface area contributed by atoms with Gasteiger partial charge in [0.25, 0.3) is 0 Å². The number of sulfone groups is 1. The first-order valence-corrected chi connectivity index (χ1v) is 7.91. The van der Waals surface area contributed by atoms with Crippen LogP contribution in [0.4, 0.5) is 0 Å². The van der Waals surface area contributed by atoms with Crippen LogP contribution in [0.3, 0.4) is 0 Å². The van der Waals surface area contributed by atoms with Gasteiger partial charge in [0, 0.05) is 11.3 Å². The first-order valence-electron chi connectivity index (χ1n) is 6.43. The third-order valence-electron chi connectivity index (χ3n) is 4.86. The number of Topliss-reactive ketones (excluding diaryl/α,β-unsaturated/α-hetero) is 1. The molecule has 0 N–H and O–H groups in total. The fraction of sp³-hybridized carbons (Fsp3) is 0.533. The highest BCUT2D eigenvalue weighted by Crippen LogP contribution is 2.48. The van der Waals surface area contributed by atoms with Crippen molar-refractivity contribution in [1.29, 1.82) is 0 Å². The molecule has 1 unspecified atom stereocenters. The monoisotopic (exact) mass is 280 g/mol. The number of hydrogen-bond donors (Lipinski definition) is 0. The Hall–Kier alpha value is -1.16. The molecular weight excluding hydrogens is 260 g/mol. The number of fused-ring (bicyclic) bond motifs is 1. The minimum absolute atomic E-state index is 0.0222. The van der Waals surface area contributed by atoms with Crippen LogP contribution < -0.4 is 0 Å². The quantitative estimate of drug-likeness (QED) is 0.734. The van der Waals surface area contributed by atoms with Crippen molar-refractivity contribution in [3.8, 4) is 0 Å². The Morgan fingerprint density at radius 2 is 1.58 bits per heavy atom. The maximum Gasteiger partial charge on any atom is 0.184 e. The summed E-state index contributed by atoms with van der Waals surface area (Å²) in [6, 6.07) is 6.84. The third-order valence-corrected chi connectivity index (χ3v) is 7.67. The highest BCUT2D eigenvalue weighted by molar-refractivity contribution is 7.93. The summed E-state index contributed by atoms with van der Waals surface area (Å²) in [5.41, 5.74) is -0.310. The van der Waals surface area contributed by atoms with Crippen LogP contribution >= 0.6 is 0 Å². The van der Waals surface area contributed by atoms with Crippen LogP contribution in [0.15, 0.2) is 29.2 Å². The molecule has 4 heteroatoms. The van der Waals surface area contributed by atoms with Gasteiger partial charge < -0.3 is 0 Å². The van der Waals surface area contributed by atoms with Crippen molar-refractivity contribution in [2.24, 2.45) is 5.41 Å².